The normalized spacial score (nSPS) is 25.6. The summed E-state index contributed by atoms with van der Waals surface area (Å²) in [6, 6.07) is 23.6. The average Bonchev–Trinajstić information content (AvgIpc) is 3.77. The first kappa shape index (κ1) is 39.2. The van der Waals surface area contributed by atoms with Crippen LogP contribution < -0.4 is 4.74 Å². The molecule has 1 saturated carbocycles. The minimum atomic E-state index is -1.36. The van der Waals surface area contributed by atoms with Crippen LogP contribution in [0.15, 0.2) is 90.5 Å². The third-order valence-corrected chi connectivity index (χ3v) is 12.8. The molecule has 7 nitrogen and oxygen atoms in total. The minimum absolute atomic E-state index is 0.0212. The summed E-state index contributed by atoms with van der Waals surface area (Å²) in [4.78, 5) is 30.1. The number of carbonyl (C=O) groups is 2. The summed E-state index contributed by atoms with van der Waals surface area (Å²) in [5.74, 6) is -0.673. The number of aliphatic hydroxyl groups excluding tert-OH is 1. The molecule has 2 N–H and O–H groups in total. The maximum absolute atomic E-state index is 15.0. The van der Waals surface area contributed by atoms with E-state index in [1.807, 2.05) is 54.6 Å². The van der Waals surface area contributed by atoms with Crippen LogP contribution in [0.25, 0.3) is 10.8 Å². The number of fused-ring (bicyclic) bond motifs is 9. The fourth-order valence-electron chi connectivity index (χ4n) is 9.15. The van der Waals surface area contributed by atoms with Crippen LogP contribution in [0.1, 0.15) is 98.2 Å². The lowest BCUT2D eigenvalue weighted by Gasteiger charge is -2.46. The van der Waals surface area contributed by atoms with Crippen LogP contribution >= 0.6 is 11.6 Å². The summed E-state index contributed by atoms with van der Waals surface area (Å²) in [5, 5.41) is 26.2. The Kier molecular flexibility index (Phi) is 11.8. The second-order valence-corrected chi connectivity index (χ2v) is 16.5. The number of nitrogens with zero attached hydrogens (tertiary/aromatic N) is 1. The van der Waals surface area contributed by atoms with Gasteiger partial charge in [-0.25, -0.2) is 9.18 Å². The molecule has 55 heavy (non-hydrogen) atoms. The Morgan fingerprint density at radius 3 is 2.60 bits per heavy atom. The lowest BCUT2D eigenvalue weighted by Crippen LogP contribution is -2.55. The Morgan fingerprint density at radius 1 is 1.00 bits per heavy atom. The van der Waals surface area contributed by atoms with Crippen LogP contribution in [0, 0.1) is 11.2 Å². The number of ether oxygens (including phenoxy) is 2. The van der Waals surface area contributed by atoms with Crippen LogP contribution in [0.2, 0.25) is 5.02 Å². The van der Waals surface area contributed by atoms with Crippen LogP contribution in [-0.2, 0) is 17.6 Å². The first-order valence-electron chi connectivity index (χ1n) is 19.6. The van der Waals surface area contributed by atoms with Crippen molar-refractivity contribution in [1.29, 1.82) is 0 Å². The van der Waals surface area contributed by atoms with Gasteiger partial charge >= 0.3 is 6.09 Å². The summed E-state index contributed by atoms with van der Waals surface area (Å²) in [6.45, 7) is 5.07. The molecule has 4 aromatic carbocycles. The zero-order valence-electron chi connectivity index (χ0n) is 31.7. The molecule has 1 aliphatic heterocycles. The van der Waals surface area contributed by atoms with Crippen molar-refractivity contribution in [1.82, 2.24) is 4.90 Å². The Labute approximate surface area is 328 Å². The van der Waals surface area contributed by atoms with Gasteiger partial charge in [-0.3, -0.25) is 4.79 Å². The number of hydrogen-bond donors (Lipinski definition) is 2. The number of aliphatic hydroxyl groups is 2. The van der Waals surface area contributed by atoms with Gasteiger partial charge in [0.05, 0.1) is 30.9 Å². The Morgan fingerprint density at radius 2 is 1.82 bits per heavy atom. The molecule has 4 aliphatic rings. The highest BCUT2D eigenvalue weighted by molar-refractivity contribution is 6.31. The second-order valence-electron chi connectivity index (χ2n) is 16.1. The molecule has 2 fully saturated rings. The third kappa shape index (κ3) is 8.53. The smallest absolute Gasteiger partial charge is 0.410 e. The molecule has 5 unspecified atom stereocenters. The maximum atomic E-state index is 15.0. The van der Waals surface area contributed by atoms with Gasteiger partial charge in [-0.2, -0.15) is 0 Å². The number of halogens is 2. The van der Waals surface area contributed by atoms with E-state index in [1.165, 1.54) is 17.7 Å². The number of rotatable bonds is 8. The second kappa shape index (κ2) is 16.6. The van der Waals surface area contributed by atoms with Crippen LogP contribution in [0.5, 0.6) is 5.75 Å². The van der Waals surface area contributed by atoms with Gasteiger partial charge in [0.15, 0.2) is 5.78 Å². The zero-order valence-corrected chi connectivity index (χ0v) is 32.5. The highest BCUT2D eigenvalue weighted by atomic mass is 35.5. The number of allylic oxidation sites excluding steroid dienone is 2. The monoisotopic (exact) mass is 767 g/mol. The maximum Gasteiger partial charge on any atom is 0.415 e. The summed E-state index contributed by atoms with van der Waals surface area (Å²) in [5.41, 5.74) is 1.19. The van der Waals surface area contributed by atoms with Crippen molar-refractivity contribution in [3.63, 3.8) is 0 Å². The van der Waals surface area contributed by atoms with Crippen molar-refractivity contribution in [2.24, 2.45) is 5.41 Å². The molecule has 0 radical (unpaired) electrons. The van der Waals surface area contributed by atoms with Gasteiger partial charge in [0.2, 0.25) is 0 Å². The van der Waals surface area contributed by atoms with E-state index < -0.39 is 29.0 Å². The van der Waals surface area contributed by atoms with Gasteiger partial charge in [0, 0.05) is 34.6 Å². The Balaban J connectivity index is 1.25. The Bertz CT molecular complexity index is 2060. The molecule has 8 rings (SSSR count). The molecule has 1 amide bonds. The van der Waals surface area contributed by atoms with E-state index in [1.54, 1.807) is 17.0 Å². The van der Waals surface area contributed by atoms with Gasteiger partial charge in [-0.15, -0.1) is 0 Å². The molecule has 9 heteroatoms. The number of Topliss-reactive ketones (excluding diaryl/α,β-unsaturated/α-hetero) is 1. The lowest BCUT2D eigenvalue weighted by atomic mass is 9.64. The molecular weight excluding hydrogens is 717 g/mol. The molecule has 1 heterocycles. The van der Waals surface area contributed by atoms with E-state index in [0.717, 1.165) is 41.2 Å². The molecule has 4 aromatic rings. The predicted molar refractivity (Wildman–Crippen MR) is 213 cm³/mol. The number of benzene rings is 4. The molecule has 3 aliphatic carbocycles. The van der Waals surface area contributed by atoms with Crippen molar-refractivity contribution >= 4 is 34.2 Å². The number of carbonyl (C=O) groups excluding carboxylic acids is 2. The topological polar surface area (TPSA) is 96.3 Å². The SMILES string of the molecule is CC1=CCCC2(C)C(CCC2(O)CN(CC2CCCO2)C(=O)Oc2ccc3ccccc3c2)c2ccc(cc2C(=O)Cc2c(F)cccc2Cl)CC(O)CC1. The summed E-state index contributed by atoms with van der Waals surface area (Å²) < 4.78 is 27.0. The largest absolute Gasteiger partial charge is 0.415 e. The summed E-state index contributed by atoms with van der Waals surface area (Å²) >= 11 is 6.40. The van der Waals surface area contributed by atoms with Crippen molar-refractivity contribution < 1.29 is 33.7 Å². The molecule has 0 aromatic heterocycles. The van der Waals surface area contributed by atoms with Crippen molar-refractivity contribution in [2.45, 2.75) is 102 Å². The minimum Gasteiger partial charge on any atom is -0.410 e. The van der Waals surface area contributed by atoms with E-state index in [9.17, 15) is 19.8 Å². The van der Waals surface area contributed by atoms with Gasteiger partial charge < -0.3 is 24.6 Å². The fourth-order valence-corrected chi connectivity index (χ4v) is 9.38. The fraction of sp³-hybridized carbons (Fsp3) is 0.435. The average molecular weight is 768 g/mol. The highest BCUT2D eigenvalue weighted by Crippen LogP contribution is 2.59. The van der Waals surface area contributed by atoms with Gasteiger partial charge in [0.25, 0.3) is 0 Å². The van der Waals surface area contributed by atoms with Crippen molar-refractivity contribution in [2.75, 3.05) is 19.7 Å². The predicted octanol–water partition coefficient (Wildman–Crippen LogP) is 9.78. The van der Waals surface area contributed by atoms with E-state index in [-0.39, 0.29) is 47.9 Å². The van der Waals surface area contributed by atoms with Crippen LogP contribution in [0.3, 0.4) is 0 Å². The first-order valence-corrected chi connectivity index (χ1v) is 20.0. The molecule has 0 spiro atoms. The summed E-state index contributed by atoms with van der Waals surface area (Å²) in [7, 11) is 0. The molecular formula is C46H51ClFNO6. The van der Waals surface area contributed by atoms with Gasteiger partial charge in [0.1, 0.15) is 11.6 Å². The number of hydrogen-bond acceptors (Lipinski definition) is 6. The third-order valence-electron chi connectivity index (χ3n) is 12.5. The molecule has 290 valence electrons. The molecule has 1 saturated heterocycles. The van der Waals surface area contributed by atoms with Crippen LogP contribution in [-0.4, -0.2) is 64.5 Å². The molecule has 5 atom stereocenters. The highest BCUT2D eigenvalue weighted by Gasteiger charge is 2.58. The summed E-state index contributed by atoms with van der Waals surface area (Å²) in [6.07, 6.45) is 6.20. The van der Waals surface area contributed by atoms with E-state index in [0.29, 0.717) is 56.4 Å². The number of amides is 1. The zero-order chi connectivity index (χ0) is 38.7. The first-order chi connectivity index (χ1) is 26.4. The van der Waals surface area contributed by atoms with E-state index in [2.05, 4.69) is 19.9 Å². The standard InChI is InChI=1S/C46H51ClFNO6/c1-30-8-6-21-45(2)40(37-19-15-31(24-34(50)17-14-30)25-38(37)43(51)27-39-41(47)12-5-13-42(39)48)20-22-46(45,53)29-49(28-36-11-7-23-54-36)44(52)55-35-18-16-32-9-3-4-10-33(32)26-35/h3-5,8-10,12-13,15-16,18-19,25-26,34,36,40,50,53H,6-7,11,14,17,20-24,27-29H2,1-2H3. The van der Waals surface area contributed by atoms with E-state index in [4.69, 9.17) is 21.1 Å². The van der Waals surface area contributed by atoms with Crippen molar-refractivity contribution in [3.8, 4) is 5.75 Å². The van der Waals surface area contributed by atoms with Gasteiger partial charge in [-0.1, -0.05) is 78.7 Å². The Hall–Kier alpha value is -4.08. The molecule has 2 bridgehead atoms. The quantitative estimate of drug-likeness (QED) is 0.137. The van der Waals surface area contributed by atoms with Crippen LogP contribution in [0.4, 0.5) is 9.18 Å². The lowest BCUT2D eigenvalue weighted by molar-refractivity contribution is -0.0831. The number of ketones is 1. The van der Waals surface area contributed by atoms with Crippen molar-refractivity contribution in [3.05, 3.63) is 124 Å². The van der Waals surface area contributed by atoms with Gasteiger partial charge in [-0.05, 0) is 123 Å². The van der Waals surface area contributed by atoms with E-state index >= 15 is 4.39 Å².